The van der Waals surface area contributed by atoms with E-state index < -0.39 is 0 Å². The normalized spacial score (nSPS) is 22.4. The number of nitrogens with two attached hydrogens (primary N) is 1. The van der Waals surface area contributed by atoms with Gasteiger partial charge in [-0.15, -0.1) is 0 Å². The summed E-state index contributed by atoms with van der Waals surface area (Å²) in [6.07, 6.45) is 0.666. The van der Waals surface area contributed by atoms with Crippen LogP contribution >= 0.6 is 0 Å². The summed E-state index contributed by atoms with van der Waals surface area (Å²) in [5, 5.41) is 9.18. The van der Waals surface area contributed by atoms with Gasteiger partial charge in [0, 0.05) is 36.7 Å². The highest BCUT2D eigenvalue weighted by atomic mass is 16.5. The maximum Gasteiger partial charge on any atom is 0.324 e. The van der Waals surface area contributed by atoms with Gasteiger partial charge in [-0.25, -0.2) is 0 Å². The second kappa shape index (κ2) is 6.69. The van der Waals surface area contributed by atoms with E-state index in [1.54, 1.807) is 31.4 Å². The monoisotopic (exact) mass is 411 g/mol. The molecule has 7 nitrogen and oxygen atoms in total. The van der Waals surface area contributed by atoms with Crippen LogP contribution in [-0.4, -0.2) is 36.2 Å². The summed E-state index contributed by atoms with van der Waals surface area (Å²) in [7, 11) is 1.69. The van der Waals surface area contributed by atoms with Gasteiger partial charge in [-0.05, 0) is 41.7 Å². The first kappa shape index (κ1) is 18.2. The van der Waals surface area contributed by atoms with Crippen molar-refractivity contribution in [3.8, 4) is 34.7 Å². The van der Waals surface area contributed by atoms with Gasteiger partial charge < -0.3 is 20.1 Å². The van der Waals surface area contributed by atoms with Crippen LogP contribution in [0.1, 0.15) is 16.8 Å². The van der Waals surface area contributed by atoms with E-state index in [-0.39, 0.29) is 0 Å². The Labute approximate surface area is 180 Å². The highest BCUT2D eigenvalue weighted by Crippen LogP contribution is 2.50. The second-order valence-electron chi connectivity index (χ2n) is 8.37. The third-order valence-corrected chi connectivity index (χ3v) is 6.64. The van der Waals surface area contributed by atoms with Gasteiger partial charge in [-0.1, -0.05) is 18.2 Å². The van der Waals surface area contributed by atoms with Crippen molar-refractivity contribution in [2.24, 2.45) is 17.6 Å². The molecule has 2 aromatic carbocycles. The summed E-state index contributed by atoms with van der Waals surface area (Å²) in [6.45, 7) is 1.80. The minimum Gasteiger partial charge on any atom is -0.496 e. The number of hydrogen-bond donors (Lipinski definition) is 1. The van der Waals surface area contributed by atoms with Crippen LogP contribution in [-0.2, 0) is 6.42 Å². The SMILES string of the molecule is COc1cccc2c1Cc1nc(Oc3cccc(C#N)c3)nc(N3CC4C(N)C4C3)c1-2. The number of piperidine rings is 1. The third kappa shape index (κ3) is 2.83. The van der Waals surface area contributed by atoms with Crippen molar-refractivity contribution in [3.63, 3.8) is 0 Å². The number of fused-ring (bicyclic) bond motifs is 4. The molecule has 7 heteroatoms. The van der Waals surface area contributed by atoms with Gasteiger partial charge in [0.25, 0.3) is 0 Å². The zero-order valence-electron chi connectivity index (χ0n) is 17.1. The molecule has 2 unspecified atom stereocenters. The number of methoxy groups -OCH3 is 1. The molecule has 154 valence electrons. The molecule has 0 spiro atoms. The molecule has 2 heterocycles. The molecule has 3 aliphatic rings. The number of rotatable bonds is 4. The third-order valence-electron chi connectivity index (χ3n) is 6.64. The van der Waals surface area contributed by atoms with Crippen LogP contribution in [0.25, 0.3) is 11.1 Å². The van der Waals surface area contributed by atoms with Crippen LogP contribution in [0.15, 0.2) is 42.5 Å². The molecule has 6 rings (SSSR count). The molecule has 1 aliphatic heterocycles. The Hall–Kier alpha value is -3.63. The molecule has 2 aliphatic carbocycles. The average molecular weight is 411 g/mol. The minimum atomic E-state index is 0.292. The molecule has 2 fully saturated rings. The fraction of sp³-hybridized carbons (Fsp3) is 0.292. The average Bonchev–Trinajstić information content (AvgIpc) is 3.15. The van der Waals surface area contributed by atoms with E-state index in [4.69, 9.17) is 25.2 Å². The van der Waals surface area contributed by atoms with Crippen molar-refractivity contribution in [1.29, 1.82) is 5.26 Å². The standard InChI is InChI=1S/C24H21N5O2/c1-30-20-7-3-6-15-16(20)9-19-21(15)23(29-11-17-18(12-29)22(17)26)28-24(27-19)31-14-5-2-4-13(8-14)10-25/h2-8,17-18,22H,9,11-12,26H2,1H3. The summed E-state index contributed by atoms with van der Waals surface area (Å²) in [6, 6.07) is 15.9. The minimum absolute atomic E-state index is 0.292. The molecule has 2 atom stereocenters. The first-order valence-corrected chi connectivity index (χ1v) is 10.4. The molecular weight excluding hydrogens is 390 g/mol. The predicted molar refractivity (Wildman–Crippen MR) is 115 cm³/mol. The van der Waals surface area contributed by atoms with Crippen LogP contribution in [0.5, 0.6) is 17.5 Å². The molecule has 3 aromatic rings. The Morgan fingerprint density at radius 2 is 1.94 bits per heavy atom. The number of hydrogen-bond acceptors (Lipinski definition) is 7. The smallest absolute Gasteiger partial charge is 0.324 e. The van der Waals surface area contributed by atoms with Crippen molar-refractivity contribution < 1.29 is 9.47 Å². The second-order valence-corrected chi connectivity index (χ2v) is 8.37. The lowest BCUT2D eigenvalue weighted by atomic mass is 10.1. The summed E-state index contributed by atoms with van der Waals surface area (Å²) in [5.41, 5.74) is 10.9. The number of ether oxygens (including phenoxy) is 2. The van der Waals surface area contributed by atoms with E-state index in [9.17, 15) is 5.26 Å². The number of nitrogens with zero attached hydrogens (tertiary/aromatic N) is 4. The number of aromatic nitrogens is 2. The zero-order valence-corrected chi connectivity index (χ0v) is 17.1. The first-order chi connectivity index (χ1) is 15.2. The highest BCUT2D eigenvalue weighted by Gasteiger charge is 2.54. The Balaban J connectivity index is 1.44. The Morgan fingerprint density at radius 3 is 2.71 bits per heavy atom. The van der Waals surface area contributed by atoms with Gasteiger partial charge in [0.2, 0.25) is 0 Å². The molecule has 1 saturated heterocycles. The van der Waals surface area contributed by atoms with Crippen molar-refractivity contribution in [2.45, 2.75) is 12.5 Å². The van der Waals surface area contributed by atoms with Crippen molar-refractivity contribution in [1.82, 2.24) is 9.97 Å². The van der Waals surface area contributed by atoms with E-state index in [2.05, 4.69) is 17.0 Å². The van der Waals surface area contributed by atoms with Crippen LogP contribution in [0.3, 0.4) is 0 Å². The zero-order chi connectivity index (χ0) is 21.1. The van der Waals surface area contributed by atoms with E-state index in [0.717, 1.165) is 47.0 Å². The number of benzene rings is 2. The largest absolute Gasteiger partial charge is 0.496 e. The number of nitriles is 1. The van der Waals surface area contributed by atoms with Gasteiger partial charge in [0.15, 0.2) is 0 Å². The maximum absolute atomic E-state index is 9.18. The van der Waals surface area contributed by atoms with Gasteiger partial charge in [-0.3, -0.25) is 0 Å². The lowest BCUT2D eigenvalue weighted by Gasteiger charge is -2.23. The first-order valence-electron chi connectivity index (χ1n) is 10.4. The Kier molecular flexibility index (Phi) is 3.92. The molecule has 1 saturated carbocycles. The lowest BCUT2D eigenvalue weighted by Crippen LogP contribution is -2.29. The quantitative estimate of drug-likeness (QED) is 0.551. The molecule has 1 aromatic heterocycles. The van der Waals surface area contributed by atoms with Gasteiger partial charge in [0.05, 0.1) is 24.4 Å². The Bertz CT molecular complexity index is 1240. The van der Waals surface area contributed by atoms with Crippen molar-refractivity contribution in [3.05, 3.63) is 59.3 Å². The van der Waals surface area contributed by atoms with Crippen LogP contribution in [0, 0.1) is 23.2 Å². The summed E-state index contributed by atoms with van der Waals surface area (Å²) < 4.78 is 11.6. The molecular formula is C24H21N5O2. The summed E-state index contributed by atoms with van der Waals surface area (Å²) >= 11 is 0. The van der Waals surface area contributed by atoms with Gasteiger partial charge >= 0.3 is 6.01 Å². The van der Waals surface area contributed by atoms with Crippen LogP contribution in [0.2, 0.25) is 0 Å². The van der Waals surface area contributed by atoms with Crippen LogP contribution in [0.4, 0.5) is 5.82 Å². The van der Waals surface area contributed by atoms with E-state index in [0.29, 0.717) is 41.6 Å². The molecule has 2 N–H and O–H groups in total. The molecule has 0 radical (unpaired) electrons. The predicted octanol–water partition coefficient (Wildman–Crippen LogP) is 3.11. The van der Waals surface area contributed by atoms with Gasteiger partial charge in [0.1, 0.15) is 17.3 Å². The molecule has 0 amide bonds. The van der Waals surface area contributed by atoms with Crippen molar-refractivity contribution >= 4 is 5.82 Å². The number of anilines is 1. The molecule has 0 bridgehead atoms. The van der Waals surface area contributed by atoms with Gasteiger partial charge in [-0.2, -0.15) is 15.2 Å². The molecule has 31 heavy (non-hydrogen) atoms. The van der Waals surface area contributed by atoms with E-state index in [1.165, 1.54) is 0 Å². The lowest BCUT2D eigenvalue weighted by molar-refractivity contribution is 0.411. The summed E-state index contributed by atoms with van der Waals surface area (Å²) in [4.78, 5) is 11.9. The van der Waals surface area contributed by atoms with E-state index in [1.807, 2.05) is 12.1 Å². The Morgan fingerprint density at radius 1 is 1.13 bits per heavy atom. The van der Waals surface area contributed by atoms with Crippen LogP contribution < -0.4 is 20.1 Å². The summed E-state index contributed by atoms with van der Waals surface area (Å²) in [5.74, 6) is 3.37. The fourth-order valence-corrected chi connectivity index (χ4v) is 4.97. The maximum atomic E-state index is 9.18. The highest BCUT2D eigenvalue weighted by molar-refractivity contribution is 5.86. The van der Waals surface area contributed by atoms with E-state index >= 15 is 0 Å². The van der Waals surface area contributed by atoms with Crippen molar-refractivity contribution in [2.75, 3.05) is 25.1 Å². The fourth-order valence-electron chi connectivity index (χ4n) is 4.97. The topological polar surface area (TPSA) is 97.3 Å².